The van der Waals surface area contributed by atoms with Crippen LogP contribution >= 0.6 is 0 Å². The highest BCUT2D eigenvalue weighted by Gasteiger charge is 2.45. The number of aliphatic imine (C=N–C) groups is 1. The summed E-state index contributed by atoms with van der Waals surface area (Å²) in [7, 11) is 0. The van der Waals surface area contributed by atoms with Crippen LogP contribution in [0.1, 0.15) is 45.6 Å². The third kappa shape index (κ3) is 5.12. The van der Waals surface area contributed by atoms with Crippen molar-refractivity contribution >= 4 is 17.9 Å². The second kappa shape index (κ2) is 9.96. The van der Waals surface area contributed by atoms with Crippen molar-refractivity contribution in [1.29, 1.82) is 0 Å². The number of hydrogen-bond donors (Lipinski definition) is 2. The smallest absolute Gasteiger partial charge is 0.325 e. The number of carbonyl (C=O) groups is 2. The van der Waals surface area contributed by atoms with E-state index in [-0.39, 0.29) is 11.9 Å². The van der Waals surface area contributed by atoms with Gasteiger partial charge in [-0.25, -0.2) is 4.79 Å². The third-order valence-electron chi connectivity index (χ3n) is 6.14. The molecular formula is C23H35N5O2. The number of imide groups is 1. The lowest BCUT2D eigenvalue weighted by Crippen LogP contribution is -2.43. The molecule has 0 bridgehead atoms. The standard InChI is InChI=1S/C23H35N5O2/c1-4-23(3)20(29)28(22(30)26-23)14-9-13-25-21(24-5-2)27-15-12-19(17-27)16-18-10-7-6-8-11-18/h6-8,10-11,19H,4-5,9,12-17H2,1-3H3,(H,24,25)(H,26,30). The molecule has 2 fully saturated rings. The molecule has 0 radical (unpaired) electrons. The van der Waals surface area contributed by atoms with Crippen LogP contribution in [0.25, 0.3) is 0 Å². The number of hydrogen-bond acceptors (Lipinski definition) is 3. The van der Waals surface area contributed by atoms with Gasteiger partial charge in [0.15, 0.2) is 5.96 Å². The molecule has 1 aromatic carbocycles. The molecule has 2 aliphatic rings. The number of guanidine groups is 1. The zero-order chi connectivity index (χ0) is 21.6. The number of benzene rings is 1. The number of nitrogens with zero attached hydrogens (tertiary/aromatic N) is 3. The van der Waals surface area contributed by atoms with Gasteiger partial charge in [-0.2, -0.15) is 0 Å². The van der Waals surface area contributed by atoms with Crippen molar-refractivity contribution in [2.45, 2.75) is 52.0 Å². The first-order chi connectivity index (χ1) is 14.5. The zero-order valence-corrected chi connectivity index (χ0v) is 18.5. The van der Waals surface area contributed by atoms with Gasteiger partial charge in [-0.05, 0) is 51.0 Å². The Morgan fingerprint density at radius 3 is 2.70 bits per heavy atom. The van der Waals surface area contributed by atoms with Crippen LogP contribution < -0.4 is 10.6 Å². The van der Waals surface area contributed by atoms with Crippen LogP contribution in [-0.2, 0) is 11.2 Å². The third-order valence-corrected chi connectivity index (χ3v) is 6.14. The molecule has 0 aliphatic carbocycles. The molecule has 7 heteroatoms. The van der Waals surface area contributed by atoms with Crippen LogP contribution in [0.15, 0.2) is 35.3 Å². The van der Waals surface area contributed by atoms with E-state index in [1.807, 2.05) is 6.92 Å². The maximum Gasteiger partial charge on any atom is 0.325 e. The fraction of sp³-hybridized carbons (Fsp3) is 0.609. The Bertz CT molecular complexity index is 766. The average Bonchev–Trinajstić information content (AvgIpc) is 3.29. The number of rotatable bonds is 8. The largest absolute Gasteiger partial charge is 0.357 e. The molecule has 3 rings (SSSR count). The number of carbonyl (C=O) groups excluding carboxylic acids is 2. The van der Waals surface area contributed by atoms with E-state index in [4.69, 9.17) is 4.99 Å². The lowest BCUT2D eigenvalue weighted by molar-refractivity contribution is -0.130. The first-order valence-corrected chi connectivity index (χ1v) is 11.2. The highest BCUT2D eigenvalue weighted by atomic mass is 16.2. The molecule has 0 spiro atoms. The molecule has 164 valence electrons. The summed E-state index contributed by atoms with van der Waals surface area (Å²) in [6.07, 6.45) is 3.52. The Balaban J connectivity index is 1.50. The summed E-state index contributed by atoms with van der Waals surface area (Å²) in [6.45, 7) is 9.59. The summed E-state index contributed by atoms with van der Waals surface area (Å²) >= 11 is 0. The minimum absolute atomic E-state index is 0.130. The summed E-state index contributed by atoms with van der Waals surface area (Å²) in [5.74, 6) is 1.44. The van der Waals surface area contributed by atoms with Crippen LogP contribution in [0.3, 0.4) is 0 Å². The predicted octanol–water partition coefficient (Wildman–Crippen LogP) is 2.63. The van der Waals surface area contributed by atoms with Crippen LogP contribution in [0.2, 0.25) is 0 Å². The number of nitrogens with one attached hydrogen (secondary N) is 2. The van der Waals surface area contributed by atoms with E-state index in [1.54, 1.807) is 6.92 Å². The van der Waals surface area contributed by atoms with E-state index in [1.165, 1.54) is 10.5 Å². The maximum atomic E-state index is 12.5. The predicted molar refractivity (Wildman–Crippen MR) is 119 cm³/mol. The molecule has 1 aromatic rings. The zero-order valence-electron chi connectivity index (χ0n) is 18.5. The number of amides is 3. The molecule has 7 nitrogen and oxygen atoms in total. The first-order valence-electron chi connectivity index (χ1n) is 11.2. The van der Waals surface area contributed by atoms with Gasteiger partial charge in [0.05, 0.1) is 0 Å². The molecule has 3 amide bonds. The van der Waals surface area contributed by atoms with Gasteiger partial charge in [-0.15, -0.1) is 0 Å². The van der Waals surface area contributed by atoms with Crippen LogP contribution in [0.4, 0.5) is 4.79 Å². The average molecular weight is 414 g/mol. The minimum Gasteiger partial charge on any atom is -0.357 e. The molecule has 2 aliphatic heterocycles. The quantitative estimate of drug-likeness (QED) is 0.297. The van der Waals surface area contributed by atoms with Crippen LogP contribution in [0, 0.1) is 5.92 Å². The van der Waals surface area contributed by atoms with Crippen LogP contribution in [0.5, 0.6) is 0 Å². The summed E-state index contributed by atoms with van der Waals surface area (Å²) in [5.41, 5.74) is 0.623. The van der Waals surface area contributed by atoms with Crippen molar-refractivity contribution in [3.63, 3.8) is 0 Å². The molecule has 30 heavy (non-hydrogen) atoms. The summed E-state index contributed by atoms with van der Waals surface area (Å²) < 4.78 is 0. The fourth-order valence-electron chi connectivity index (χ4n) is 4.17. The van der Waals surface area contributed by atoms with Gasteiger partial charge in [0.2, 0.25) is 0 Å². The summed E-state index contributed by atoms with van der Waals surface area (Å²) in [6, 6.07) is 10.4. The minimum atomic E-state index is -0.765. The van der Waals surface area contributed by atoms with Gasteiger partial charge in [0, 0.05) is 32.7 Å². The lowest BCUT2D eigenvalue weighted by Gasteiger charge is -2.22. The van der Waals surface area contributed by atoms with Crippen LogP contribution in [-0.4, -0.2) is 66.0 Å². The van der Waals surface area contributed by atoms with Gasteiger partial charge >= 0.3 is 6.03 Å². The van der Waals surface area contributed by atoms with E-state index < -0.39 is 5.54 Å². The van der Waals surface area contributed by atoms with Gasteiger partial charge in [-0.3, -0.25) is 14.7 Å². The Morgan fingerprint density at radius 1 is 1.27 bits per heavy atom. The Hall–Kier alpha value is -2.57. The second-order valence-corrected chi connectivity index (χ2v) is 8.45. The van der Waals surface area contributed by atoms with Crippen molar-refractivity contribution in [1.82, 2.24) is 20.4 Å². The highest BCUT2D eigenvalue weighted by molar-refractivity contribution is 6.06. The first kappa shape index (κ1) is 22.1. The van der Waals surface area contributed by atoms with Crippen molar-refractivity contribution in [2.24, 2.45) is 10.9 Å². The molecule has 0 aromatic heterocycles. The molecule has 2 N–H and O–H groups in total. The van der Waals surface area contributed by atoms with Crippen molar-refractivity contribution in [2.75, 3.05) is 32.7 Å². The van der Waals surface area contributed by atoms with Crippen molar-refractivity contribution in [3.8, 4) is 0 Å². The van der Waals surface area contributed by atoms with E-state index in [0.717, 1.165) is 38.4 Å². The normalized spacial score (nSPS) is 24.5. The SMILES string of the molecule is CCNC(=NCCCN1C(=O)NC(C)(CC)C1=O)N1CCC(Cc2ccccc2)C1. The molecular weight excluding hydrogens is 378 g/mol. The Kier molecular flexibility index (Phi) is 7.34. The Labute approximate surface area is 179 Å². The second-order valence-electron chi connectivity index (χ2n) is 8.45. The molecule has 2 atom stereocenters. The maximum absolute atomic E-state index is 12.5. The van der Waals surface area contributed by atoms with Gasteiger partial charge < -0.3 is 15.5 Å². The van der Waals surface area contributed by atoms with Gasteiger partial charge in [0.1, 0.15) is 5.54 Å². The summed E-state index contributed by atoms with van der Waals surface area (Å²) in [4.78, 5) is 33.0. The monoisotopic (exact) mass is 413 g/mol. The Morgan fingerprint density at radius 2 is 2.03 bits per heavy atom. The number of likely N-dealkylation sites (tertiary alicyclic amines) is 1. The van der Waals surface area contributed by atoms with E-state index in [0.29, 0.717) is 31.8 Å². The molecule has 2 saturated heterocycles. The molecule has 0 saturated carbocycles. The topological polar surface area (TPSA) is 77.0 Å². The summed E-state index contributed by atoms with van der Waals surface area (Å²) in [5, 5.41) is 6.19. The molecule has 2 unspecified atom stereocenters. The van der Waals surface area contributed by atoms with E-state index >= 15 is 0 Å². The van der Waals surface area contributed by atoms with Crippen molar-refractivity contribution in [3.05, 3.63) is 35.9 Å². The fourth-order valence-corrected chi connectivity index (χ4v) is 4.17. The van der Waals surface area contributed by atoms with Crippen molar-refractivity contribution < 1.29 is 9.59 Å². The van der Waals surface area contributed by atoms with E-state index in [9.17, 15) is 9.59 Å². The van der Waals surface area contributed by atoms with Gasteiger partial charge in [0.25, 0.3) is 5.91 Å². The lowest BCUT2D eigenvalue weighted by atomic mass is 9.99. The van der Waals surface area contributed by atoms with E-state index in [2.05, 4.69) is 52.8 Å². The number of urea groups is 1. The molecule has 2 heterocycles. The highest BCUT2D eigenvalue weighted by Crippen LogP contribution is 2.22. The van der Waals surface area contributed by atoms with Gasteiger partial charge in [-0.1, -0.05) is 37.3 Å².